The van der Waals surface area contributed by atoms with E-state index in [1.807, 2.05) is 10.7 Å². The monoisotopic (exact) mass is 277 g/mol. The second-order valence-electron chi connectivity index (χ2n) is 6.20. The van der Waals surface area contributed by atoms with Crippen LogP contribution in [0.1, 0.15) is 71.3 Å². The van der Waals surface area contributed by atoms with Crippen molar-refractivity contribution < 1.29 is 4.79 Å². The molecule has 4 nitrogen and oxygen atoms in total. The van der Waals surface area contributed by atoms with Crippen molar-refractivity contribution in [2.24, 2.45) is 5.92 Å². The molecule has 20 heavy (non-hydrogen) atoms. The highest BCUT2D eigenvalue weighted by Gasteiger charge is 2.14. The zero-order chi connectivity index (χ0) is 14.4. The summed E-state index contributed by atoms with van der Waals surface area (Å²) in [7, 11) is 0. The first kappa shape index (κ1) is 15.1. The number of aromatic nitrogens is 2. The van der Waals surface area contributed by atoms with Crippen molar-refractivity contribution in [3.63, 3.8) is 0 Å². The third-order valence-electron chi connectivity index (χ3n) is 4.17. The summed E-state index contributed by atoms with van der Waals surface area (Å²) in [4.78, 5) is 12.0. The van der Waals surface area contributed by atoms with E-state index in [4.69, 9.17) is 0 Å². The van der Waals surface area contributed by atoms with Gasteiger partial charge in [-0.1, -0.05) is 32.1 Å². The van der Waals surface area contributed by atoms with Gasteiger partial charge in [0.25, 0.3) is 0 Å². The SMILES string of the molecule is CC(C)n1nccc1NC(=O)CCCC1CCCCC1. The van der Waals surface area contributed by atoms with Crippen LogP contribution in [0.3, 0.4) is 0 Å². The number of anilines is 1. The topological polar surface area (TPSA) is 46.9 Å². The van der Waals surface area contributed by atoms with E-state index in [0.717, 1.165) is 18.2 Å². The Morgan fingerprint density at radius 1 is 1.40 bits per heavy atom. The Morgan fingerprint density at radius 2 is 2.15 bits per heavy atom. The van der Waals surface area contributed by atoms with Gasteiger partial charge in [0.05, 0.1) is 6.20 Å². The van der Waals surface area contributed by atoms with Crippen LogP contribution in [0.4, 0.5) is 5.82 Å². The summed E-state index contributed by atoms with van der Waals surface area (Å²) in [6.45, 7) is 4.12. The number of amides is 1. The van der Waals surface area contributed by atoms with Gasteiger partial charge in [-0.2, -0.15) is 5.10 Å². The van der Waals surface area contributed by atoms with Crippen LogP contribution in [0.2, 0.25) is 0 Å². The van der Waals surface area contributed by atoms with Crippen LogP contribution in [0.5, 0.6) is 0 Å². The first-order valence-corrected chi connectivity index (χ1v) is 8.00. The highest BCUT2D eigenvalue weighted by atomic mass is 16.1. The van der Waals surface area contributed by atoms with Gasteiger partial charge in [0.15, 0.2) is 0 Å². The Hall–Kier alpha value is -1.32. The maximum Gasteiger partial charge on any atom is 0.225 e. The summed E-state index contributed by atoms with van der Waals surface area (Å²) in [6, 6.07) is 2.13. The molecule has 1 aliphatic rings. The summed E-state index contributed by atoms with van der Waals surface area (Å²) < 4.78 is 1.85. The summed E-state index contributed by atoms with van der Waals surface area (Å²) in [5.41, 5.74) is 0. The molecule has 1 saturated carbocycles. The second-order valence-corrected chi connectivity index (χ2v) is 6.20. The predicted molar refractivity (Wildman–Crippen MR) is 81.7 cm³/mol. The highest BCUT2D eigenvalue weighted by molar-refractivity contribution is 5.89. The third-order valence-corrected chi connectivity index (χ3v) is 4.17. The van der Waals surface area contributed by atoms with Gasteiger partial charge >= 0.3 is 0 Å². The van der Waals surface area contributed by atoms with Gasteiger partial charge in [-0.3, -0.25) is 4.79 Å². The van der Waals surface area contributed by atoms with Gasteiger partial charge in [0, 0.05) is 18.5 Å². The van der Waals surface area contributed by atoms with Crippen molar-refractivity contribution in [2.75, 3.05) is 5.32 Å². The van der Waals surface area contributed by atoms with E-state index < -0.39 is 0 Å². The minimum absolute atomic E-state index is 0.114. The van der Waals surface area contributed by atoms with E-state index in [1.54, 1.807) is 6.20 Å². The molecular formula is C16H27N3O. The average Bonchev–Trinajstić information content (AvgIpc) is 2.88. The minimum atomic E-state index is 0.114. The number of rotatable bonds is 6. The van der Waals surface area contributed by atoms with Crippen LogP contribution in [0.15, 0.2) is 12.3 Å². The maximum absolute atomic E-state index is 12.0. The first-order chi connectivity index (χ1) is 9.66. The lowest BCUT2D eigenvalue weighted by atomic mass is 9.86. The third kappa shape index (κ3) is 4.36. The molecule has 0 saturated heterocycles. The number of hydrogen-bond acceptors (Lipinski definition) is 2. The average molecular weight is 277 g/mol. The molecule has 0 aliphatic heterocycles. The molecule has 0 spiro atoms. The van der Waals surface area contributed by atoms with E-state index in [1.165, 1.54) is 38.5 Å². The summed E-state index contributed by atoms with van der Waals surface area (Å²) in [6.07, 6.45) is 11.5. The molecule has 1 aromatic rings. The van der Waals surface area contributed by atoms with Crippen LogP contribution in [-0.4, -0.2) is 15.7 Å². The predicted octanol–water partition coefficient (Wildman–Crippen LogP) is 4.15. The Balaban J connectivity index is 1.71. The fourth-order valence-corrected chi connectivity index (χ4v) is 3.06. The van der Waals surface area contributed by atoms with E-state index in [9.17, 15) is 4.79 Å². The standard InChI is InChI=1S/C16H27N3O/c1-13(2)19-15(11-12-17-19)18-16(20)10-6-9-14-7-4-3-5-8-14/h11-14H,3-10H2,1-2H3,(H,18,20). The Kier molecular flexibility index (Phi) is 5.62. The molecule has 0 bridgehead atoms. The molecule has 1 fully saturated rings. The van der Waals surface area contributed by atoms with Crippen molar-refractivity contribution in [1.29, 1.82) is 0 Å². The number of nitrogens with one attached hydrogen (secondary N) is 1. The molecule has 0 unspecified atom stereocenters. The fourth-order valence-electron chi connectivity index (χ4n) is 3.06. The van der Waals surface area contributed by atoms with Gasteiger partial charge < -0.3 is 5.32 Å². The summed E-state index contributed by atoms with van der Waals surface area (Å²) in [5, 5.41) is 7.20. The fraction of sp³-hybridized carbons (Fsp3) is 0.750. The maximum atomic E-state index is 12.0. The number of hydrogen-bond donors (Lipinski definition) is 1. The molecule has 1 N–H and O–H groups in total. The normalized spacial score (nSPS) is 16.6. The Bertz CT molecular complexity index is 419. The van der Waals surface area contributed by atoms with Crippen molar-refractivity contribution in [2.45, 2.75) is 71.3 Å². The van der Waals surface area contributed by atoms with Crippen molar-refractivity contribution in [1.82, 2.24) is 9.78 Å². The summed E-state index contributed by atoms with van der Waals surface area (Å²) in [5.74, 6) is 1.78. The molecule has 4 heteroatoms. The molecular weight excluding hydrogens is 250 g/mol. The Labute approximate surface area is 121 Å². The minimum Gasteiger partial charge on any atom is -0.311 e. The van der Waals surface area contributed by atoms with Gasteiger partial charge in [-0.15, -0.1) is 0 Å². The van der Waals surface area contributed by atoms with Gasteiger partial charge in [0.2, 0.25) is 5.91 Å². The lowest BCUT2D eigenvalue weighted by Gasteiger charge is -2.21. The van der Waals surface area contributed by atoms with E-state index >= 15 is 0 Å². The van der Waals surface area contributed by atoms with Crippen LogP contribution in [-0.2, 0) is 4.79 Å². The summed E-state index contributed by atoms with van der Waals surface area (Å²) >= 11 is 0. The van der Waals surface area contributed by atoms with Crippen LogP contribution in [0.25, 0.3) is 0 Å². The zero-order valence-corrected chi connectivity index (χ0v) is 12.8. The molecule has 1 aromatic heterocycles. The lowest BCUT2D eigenvalue weighted by molar-refractivity contribution is -0.116. The van der Waals surface area contributed by atoms with Gasteiger partial charge in [-0.25, -0.2) is 4.68 Å². The first-order valence-electron chi connectivity index (χ1n) is 8.00. The molecule has 112 valence electrons. The molecule has 1 aliphatic carbocycles. The molecule has 0 atom stereocenters. The molecule has 0 radical (unpaired) electrons. The van der Waals surface area contributed by atoms with E-state index in [2.05, 4.69) is 24.3 Å². The van der Waals surface area contributed by atoms with Gasteiger partial charge in [0.1, 0.15) is 5.82 Å². The van der Waals surface area contributed by atoms with Crippen molar-refractivity contribution in [3.8, 4) is 0 Å². The quantitative estimate of drug-likeness (QED) is 0.849. The zero-order valence-electron chi connectivity index (χ0n) is 12.8. The van der Waals surface area contributed by atoms with Crippen LogP contribution < -0.4 is 5.32 Å². The second kappa shape index (κ2) is 7.46. The van der Waals surface area contributed by atoms with Gasteiger partial charge in [-0.05, 0) is 32.6 Å². The highest BCUT2D eigenvalue weighted by Crippen LogP contribution is 2.27. The van der Waals surface area contributed by atoms with E-state index in [0.29, 0.717) is 6.42 Å². The molecule has 1 amide bonds. The molecule has 1 heterocycles. The smallest absolute Gasteiger partial charge is 0.225 e. The molecule has 2 rings (SSSR count). The van der Waals surface area contributed by atoms with Crippen molar-refractivity contribution >= 4 is 11.7 Å². The van der Waals surface area contributed by atoms with Crippen LogP contribution in [0, 0.1) is 5.92 Å². The molecule has 0 aromatic carbocycles. The van der Waals surface area contributed by atoms with Crippen LogP contribution >= 0.6 is 0 Å². The Morgan fingerprint density at radius 3 is 2.85 bits per heavy atom. The number of nitrogens with zero attached hydrogens (tertiary/aromatic N) is 2. The van der Waals surface area contributed by atoms with Crippen molar-refractivity contribution in [3.05, 3.63) is 12.3 Å². The largest absolute Gasteiger partial charge is 0.311 e. The van der Waals surface area contributed by atoms with E-state index in [-0.39, 0.29) is 11.9 Å². The number of carbonyl (C=O) groups is 1. The number of carbonyl (C=O) groups excluding carboxylic acids is 1. The lowest BCUT2D eigenvalue weighted by Crippen LogP contribution is -2.16.